The van der Waals surface area contributed by atoms with Crippen LogP contribution >= 0.6 is 0 Å². The largest absolute Gasteiger partial charge is 0.392 e. The van der Waals surface area contributed by atoms with Gasteiger partial charge in [0.15, 0.2) is 0 Å². The number of hydrogen-bond donors (Lipinski definition) is 1. The van der Waals surface area contributed by atoms with Gasteiger partial charge in [0.25, 0.3) is 0 Å². The smallest absolute Gasteiger partial charge is 0.0685 e. The van der Waals surface area contributed by atoms with Gasteiger partial charge in [-0.3, -0.25) is 4.98 Å². The summed E-state index contributed by atoms with van der Waals surface area (Å²) >= 11 is 0. The Morgan fingerprint density at radius 2 is 2.18 bits per heavy atom. The molecule has 1 heterocycles. The summed E-state index contributed by atoms with van der Waals surface area (Å²) in [5.74, 6) is 0. The van der Waals surface area contributed by atoms with E-state index in [1.165, 1.54) is 0 Å². The lowest BCUT2D eigenvalue weighted by Gasteiger charge is -2.03. The number of aliphatic hydroxyl groups is 1. The minimum atomic E-state index is 0.118. The fourth-order valence-corrected chi connectivity index (χ4v) is 1.11. The minimum absolute atomic E-state index is 0.118. The van der Waals surface area contributed by atoms with Gasteiger partial charge in [0, 0.05) is 11.9 Å². The molecule has 0 unspecified atom stereocenters. The third-order valence-corrected chi connectivity index (χ3v) is 1.77. The van der Waals surface area contributed by atoms with Crippen molar-refractivity contribution in [1.82, 2.24) is 4.98 Å². The molecule has 0 aromatic carbocycles. The maximum Gasteiger partial charge on any atom is 0.0685 e. The van der Waals surface area contributed by atoms with Crippen molar-refractivity contribution in [2.75, 3.05) is 0 Å². The molecule has 0 aliphatic heterocycles. The van der Waals surface area contributed by atoms with Crippen molar-refractivity contribution in [3.05, 3.63) is 29.1 Å². The van der Waals surface area contributed by atoms with Gasteiger partial charge in [-0.05, 0) is 30.5 Å². The number of aliphatic hydroxyl groups excluding tert-OH is 1. The van der Waals surface area contributed by atoms with Crippen LogP contribution in [-0.4, -0.2) is 10.1 Å². The van der Waals surface area contributed by atoms with Crippen molar-refractivity contribution >= 4 is 0 Å². The van der Waals surface area contributed by atoms with E-state index in [0.717, 1.165) is 23.2 Å². The lowest BCUT2D eigenvalue weighted by Crippen LogP contribution is -1.95. The molecule has 0 atom stereocenters. The van der Waals surface area contributed by atoms with Gasteiger partial charge < -0.3 is 5.11 Å². The SMILES string of the molecule is CCc1cnc(C)cc1CO. The van der Waals surface area contributed by atoms with Crippen LogP contribution in [0.2, 0.25) is 0 Å². The first-order valence-electron chi connectivity index (χ1n) is 3.83. The number of pyridine rings is 1. The molecule has 0 amide bonds. The summed E-state index contributed by atoms with van der Waals surface area (Å²) in [7, 11) is 0. The van der Waals surface area contributed by atoms with Crippen LogP contribution in [0.25, 0.3) is 0 Å². The molecule has 1 aromatic rings. The molecular formula is C9H13NO. The summed E-state index contributed by atoms with van der Waals surface area (Å²) in [5, 5.41) is 8.95. The number of nitrogens with zero attached hydrogens (tertiary/aromatic N) is 1. The average Bonchev–Trinajstić information content (AvgIpc) is 2.04. The zero-order chi connectivity index (χ0) is 8.27. The quantitative estimate of drug-likeness (QED) is 0.693. The summed E-state index contributed by atoms with van der Waals surface area (Å²) in [4.78, 5) is 4.15. The van der Waals surface area contributed by atoms with Crippen molar-refractivity contribution in [2.24, 2.45) is 0 Å². The molecule has 2 heteroatoms. The second kappa shape index (κ2) is 3.49. The monoisotopic (exact) mass is 151 g/mol. The molecule has 0 aliphatic carbocycles. The van der Waals surface area contributed by atoms with E-state index in [1.54, 1.807) is 0 Å². The molecule has 1 rings (SSSR count). The minimum Gasteiger partial charge on any atom is -0.392 e. The van der Waals surface area contributed by atoms with Crippen LogP contribution in [0.3, 0.4) is 0 Å². The molecule has 0 radical (unpaired) electrons. The Kier molecular flexibility index (Phi) is 2.60. The summed E-state index contributed by atoms with van der Waals surface area (Å²) in [5.41, 5.74) is 3.10. The number of hydrogen-bond acceptors (Lipinski definition) is 2. The van der Waals surface area contributed by atoms with Crippen LogP contribution in [0.15, 0.2) is 12.3 Å². The summed E-state index contributed by atoms with van der Waals surface area (Å²) in [6.07, 6.45) is 2.77. The fourth-order valence-electron chi connectivity index (χ4n) is 1.11. The van der Waals surface area contributed by atoms with Gasteiger partial charge in [-0.25, -0.2) is 0 Å². The van der Waals surface area contributed by atoms with Crippen molar-refractivity contribution in [3.63, 3.8) is 0 Å². The predicted octanol–water partition coefficient (Wildman–Crippen LogP) is 1.44. The highest BCUT2D eigenvalue weighted by Gasteiger charge is 1.99. The molecule has 0 fully saturated rings. The molecule has 1 N–H and O–H groups in total. The Hall–Kier alpha value is -0.890. The predicted molar refractivity (Wildman–Crippen MR) is 44.3 cm³/mol. The maximum absolute atomic E-state index is 8.95. The Morgan fingerprint density at radius 3 is 2.73 bits per heavy atom. The Balaban J connectivity index is 3.06. The second-order valence-corrected chi connectivity index (χ2v) is 2.61. The Morgan fingerprint density at radius 1 is 1.45 bits per heavy atom. The highest BCUT2D eigenvalue weighted by Crippen LogP contribution is 2.09. The van der Waals surface area contributed by atoms with Crippen molar-refractivity contribution in [2.45, 2.75) is 26.9 Å². The van der Waals surface area contributed by atoms with Gasteiger partial charge >= 0.3 is 0 Å². The van der Waals surface area contributed by atoms with E-state index < -0.39 is 0 Å². The van der Waals surface area contributed by atoms with E-state index in [9.17, 15) is 0 Å². The molecule has 0 bridgehead atoms. The second-order valence-electron chi connectivity index (χ2n) is 2.61. The molecule has 0 spiro atoms. The van der Waals surface area contributed by atoms with Crippen LogP contribution in [0.1, 0.15) is 23.7 Å². The van der Waals surface area contributed by atoms with Crippen LogP contribution in [0.4, 0.5) is 0 Å². The molecule has 0 saturated heterocycles. The highest BCUT2D eigenvalue weighted by atomic mass is 16.3. The van der Waals surface area contributed by atoms with E-state index in [0.29, 0.717) is 0 Å². The first-order chi connectivity index (χ1) is 5.27. The fraction of sp³-hybridized carbons (Fsp3) is 0.444. The van der Waals surface area contributed by atoms with Gasteiger partial charge in [0.1, 0.15) is 0 Å². The van der Waals surface area contributed by atoms with E-state index in [4.69, 9.17) is 5.11 Å². The van der Waals surface area contributed by atoms with Crippen LogP contribution in [-0.2, 0) is 13.0 Å². The lowest BCUT2D eigenvalue weighted by molar-refractivity contribution is 0.280. The Labute approximate surface area is 66.9 Å². The molecule has 1 aromatic heterocycles. The molecule has 60 valence electrons. The zero-order valence-electron chi connectivity index (χ0n) is 6.96. The summed E-state index contributed by atoms with van der Waals surface area (Å²) in [6, 6.07) is 1.93. The molecular weight excluding hydrogens is 138 g/mol. The number of aryl methyl sites for hydroxylation is 2. The van der Waals surface area contributed by atoms with E-state index in [-0.39, 0.29) is 6.61 Å². The van der Waals surface area contributed by atoms with Crippen molar-refractivity contribution in [1.29, 1.82) is 0 Å². The highest BCUT2D eigenvalue weighted by molar-refractivity contribution is 5.25. The summed E-state index contributed by atoms with van der Waals surface area (Å²) < 4.78 is 0. The first kappa shape index (κ1) is 8.21. The van der Waals surface area contributed by atoms with Crippen LogP contribution < -0.4 is 0 Å². The van der Waals surface area contributed by atoms with Gasteiger partial charge in [0.2, 0.25) is 0 Å². The van der Waals surface area contributed by atoms with E-state index >= 15 is 0 Å². The van der Waals surface area contributed by atoms with Gasteiger partial charge in [0.05, 0.1) is 6.61 Å². The van der Waals surface area contributed by atoms with Gasteiger partial charge in [-0.15, -0.1) is 0 Å². The topological polar surface area (TPSA) is 33.1 Å². The normalized spacial score (nSPS) is 10.1. The first-order valence-corrected chi connectivity index (χ1v) is 3.83. The standard InChI is InChI=1S/C9H13NO/c1-3-8-5-10-7(2)4-9(8)6-11/h4-5,11H,3,6H2,1-2H3. The molecule has 2 nitrogen and oxygen atoms in total. The number of aromatic nitrogens is 1. The lowest BCUT2D eigenvalue weighted by atomic mass is 10.1. The van der Waals surface area contributed by atoms with Crippen molar-refractivity contribution < 1.29 is 5.11 Å². The third kappa shape index (κ3) is 1.77. The average molecular weight is 151 g/mol. The molecule has 0 aliphatic rings. The van der Waals surface area contributed by atoms with E-state index in [2.05, 4.69) is 11.9 Å². The van der Waals surface area contributed by atoms with Gasteiger partial charge in [-0.2, -0.15) is 0 Å². The molecule has 0 saturated carbocycles. The third-order valence-electron chi connectivity index (χ3n) is 1.77. The number of rotatable bonds is 2. The summed E-state index contributed by atoms with van der Waals surface area (Å²) in [6.45, 7) is 4.11. The maximum atomic E-state index is 8.95. The van der Waals surface area contributed by atoms with Gasteiger partial charge in [-0.1, -0.05) is 6.92 Å². The Bertz CT molecular complexity index is 245. The zero-order valence-corrected chi connectivity index (χ0v) is 6.96. The van der Waals surface area contributed by atoms with Crippen LogP contribution in [0, 0.1) is 6.92 Å². The van der Waals surface area contributed by atoms with E-state index in [1.807, 2.05) is 19.2 Å². The molecule has 11 heavy (non-hydrogen) atoms. The van der Waals surface area contributed by atoms with Crippen LogP contribution in [0.5, 0.6) is 0 Å². The van der Waals surface area contributed by atoms with Crippen molar-refractivity contribution in [3.8, 4) is 0 Å².